The third-order valence-corrected chi connectivity index (χ3v) is 3.17. The number of hydrogen-bond acceptors (Lipinski definition) is 3. The summed E-state index contributed by atoms with van der Waals surface area (Å²) in [5.74, 6) is 1.59. The Morgan fingerprint density at radius 3 is 2.80 bits per heavy atom. The van der Waals surface area contributed by atoms with Crippen molar-refractivity contribution in [2.75, 3.05) is 6.79 Å². The maximum absolute atomic E-state index is 11.0. The van der Waals surface area contributed by atoms with Crippen molar-refractivity contribution in [1.29, 1.82) is 0 Å². The van der Waals surface area contributed by atoms with E-state index in [4.69, 9.17) is 9.47 Å². The highest BCUT2D eigenvalue weighted by Crippen LogP contribution is 2.44. The van der Waals surface area contributed by atoms with Crippen LogP contribution < -0.4 is 9.47 Å². The van der Waals surface area contributed by atoms with Gasteiger partial charge in [-0.3, -0.25) is 4.79 Å². The molecule has 0 unspecified atom stereocenters. The number of hydrogen-bond donors (Lipinski definition) is 0. The number of ether oxygens (including phenoxy) is 2. The quantitative estimate of drug-likeness (QED) is 0.775. The predicted molar refractivity (Wildman–Crippen MR) is 59.7 cm³/mol. The molecule has 1 heterocycles. The molecule has 15 heavy (non-hydrogen) atoms. The smallest absolute Gasteiger partial charge is 0.231 e. The summed E-state index contributed by atoms with van der Waals surface area (Å²) in [5.41, 5.74) is 1.62. The molecule has 1 aromatic rings. The molecule has 0 saturated heterocycles. The highest BCUT2D eigenvalue weighted by atomic mass is 79.9. The van der Waals surface area contributed by atoms with Crippen molar-refractivity contribution in [3.05, 3.63) is 21.7 Å². The Bertz CT molecular complexity index is 413. The molecule has 80 valence electrons. The summed E-state index contributed by atoms with van der Waals surface area (Å²) in [5, 5.41) is 0. The molecule has 0 atom stereocenters. The summed E-state index contributed by atoms with van der Waals surface area (Å²) in [7, 11) is 0. The maximum Gasteiger partial charge on any atom is 0.231 e. The van der Waals surface area contributed by atoms with E-state index in [0.29, 0.717) is 17.1 Å². The van der Waals surface area contributed by atoms with Crippen LogP contribution in [0.15, 0.2) is 10.5 Å². The fraction of sp³-hybridized carbons (Fsp3) is 0.364. The molecule has 0 fully saturated rings. The van der Waals surface area contributed by atoms with Crippen LogP contribution in [0, 0.1) is 0 Å². The standard InChI is InChI=1S/C11H11BrO3/c1-6(2)9-7(4-13)3-8-11(10(9)12)15-5-14-8/h3-4,6H,5H2,1-2H3. The first-order chi connectivity index (χ1) is 7.15. The summed E-state index contributed by atoms with van der Waals surface area (Å²) < 4.78 is 11.4. The van der Waals surface area contributed by atoms with Crippen LogP contribution in [-0.4, -0.2) is 13.1 Å². The van der Waals surface area contributed by atoms with Crippen molar-refractivity contribution < 1.29 is 14.3 Å². The Balaban J connectivity index is 2.67. The minimum atomic E-state index is 0.216. The normalized spacial score (nSPS) is 13.3. The van der Waals surface area contributed by atoms with E-state index in [0.717, 1.165) is 16.3 Å². The first kappa shape index (κ1) is 10.5. The van der Waals surface area contributed by atoms with Gasteiger partial charge in [0.1, 0.15) is 0 Å². The van der Waals surface area contributed by atoms with E-state index in [-0.39, 0.29) is 12.7 Å². The molecular weight excluding hydrogens is 260 g/mol. The van der Waals surface area contributed by atoms with Gasteiger partial charge in [-0.05, 0) is 33.5 Å². The van der Waals surface area contributed by atoms with E-state index < -0.39 is 0 Å². The lowest BCUT2D eigenvalue weighted by molar-refractivity contribution is 0.112. The lowest BCUT2D eigenvalue weighted by atomic mass is 9.97. The second kappa shape index (κ2) is 3.85. The van der Waals surface area contributed by atoms with Gasteiger partial charge < -0.3 is 9.47 Å². The zero-order valence-corrected chi connectivity index (χ0v) is 10.1. The fourth-order valence-electron chi connectivity index (χ4n) is 1.72. The summed E-state index contributed by atoms with van der Waals surface area (Å²) in [6, 6.07) is 1.73. The number of aldehydes is 1. The van der Waals surface area contributed by atoms with Crippen molar-refractivity contribution in [2.24, 2.45) is 0 Å². The largest absolute Gasteiger partial charge is 0.454 e. The molecule has 0 amide bonds. The first-order valence-electron chi connectivity index (χ1n) is 4.72. The highest BCUT2D eigenvalue weighted by molar-refractivity contribution is 9.10. The van der Waals surface area contributed by atoms with Crippen LogP contribution in [0.2, 0.25) is 0 Å². The number of benzene rings is 1. The average molecular weight is 271 g/mol. The average Bonchev–Trinajstić information content (AvgIpc) is 2.64. The van der Waals surface area contributed by atoms with E-state index >= 15 is 0 Å². The molecule has 1 aliphatic rings. The van der Waals surface area contributed by atoms with Crippen LogP contribution in [-0.2, 0) is 0 Å². The Hall–Kier alpha value is -1.03. The SMILES string of the molecule is CC(C)c1c(C=O)cc2c(c1Br)OCO2. The Labute approximate surface area is 96.5 Å². The van der Waals surface area contributed by atoms with Crippen molar-refractivity contribution in [3.63, 3.8) is 0 Å². The zero-order valence-electron chi connectivity index (χ0n) is 8.54. The van der Waals surface area contributed by atoms with Gasteiger partial charge in [-0.15, -0.1) is 0 Å². The van der Waals surface area contributed by atoms with Crippen LogP contribution in [0.25, 0.3) is 0 Å². The second-order valence-corrected chi connectivity index (χ2v) is 4.49. The number of carbonyl (C=O) groups excluding carboxylic acids is 1. The third-order valence-electron chi connectivity index (χ3n) is 2.38. The van der Waals surface area contributed by atoms with Gasteiger partial charge in [-0.25, -0.2) is 0 Å². The van der Waals surface area contributed by atoms with Gasteiger partial charge in [0.05, 0.1) is 4.47 Å². The van der Waals surface area contributed by atoms with E-state index in [9.17, 15) is 4.79 Å². The van der Waals surface area contributed by atoms with Gasteiger partial charge in [0.15, 0.2) is 17.8 Å². The summed E-state index contributed by atoms with van der Waals surface area (Å²) in [6.07, 6.45) is 0.849. The number of carbonyl (C=O) groups is 1. The monoisotopic (exact) mass is 270 g/mol. The van der Waals surface area contributed by atoms with Crippen LogP contribution in [0.4, 0.5) is 0 Å². The minimum absolute atomic E-state index is 0.216. The number of fused-ring (bicyclic) bond motifs is 1. The summed E-state index contributed by atoms with van der Waals surface area (Å²) in [6.45, 7) is 4.29. The molecule has 0 saturated carbocycles. The Morgan fingerprint density at radius 2 is 2.20 bits per heavy atom. The van der Waals surface area contributed by atoms with E-state index in [2.05, 4.69) is 15.9 Å². The number of halogens is 1. The first-order valence-corrected chi connectivity index (χ1v) is 5.51. The molecule has 0 aromatic heterocycles. The lowest BCUT2D eigenvalue weighted by Gasteiger charge is -2.13. The van der Waals surface area contributed by atoms with Crippen LogP contribution in [0.5, 0.6) is 11.5 Å². The number of rotatable bonds is 2. The fourth-order valence-corrected chi connectivity index (χ4v) is 2.72. The van der Waals surface area contributed by atoms with Crippen molar-refractivity contribution in [3.8, 4) is 11.5 Å². The van der Waals surface area contributed by atoms with Crippen molar-refractivity contribution >= 4 is 22.2 Å². The molecule has 1 aliphatic heterocycles. The van der Waals surface area contributed by atoms with Crippen LogP contribution in [0.3, 0.4) is 0 Å². The van der Waals surface area contributed by atoms with Gasteiger partial charge in [-0.1, -0.05) is 13.8 Å². The molecule has 0 bridgehead atoms. The van der Waals surface area contributed by atoms with Crippen molar-refractivity contribution in [1.82, 2.24) is 0 Å². The minimum Gasteiger partial charge on any atom is -0.454 e. The molecule has 0 aliphatic carbocycles. The maximum atomic E-state index is 11.0. The van der Waals surface area contributed by atoms with Gasteiger partial charge in [0, 0.05) is 5.56 Å². The van der Waals surface area contributed by atoms with E-state index in [1.807, 2.05) is 13.8 Å². The molecule has 0 N–H and O–H groups in total. The zero-order chi connectivity index (χ0) is 11.0. The lowest BCUT2D eigenvalue weighted by Crippen LogP contribution is -1.97. The van der Waals surface area contributed by atoms with Gasteiger partial charge in [0.25, 0.3) is 0 Å². The molecule has 4 heteroatoms. The molecule has 3 nitrogen and oxygen atoms in total. The van der Waals surface area contributed by atoms with E-state index in [1.54, 1.807) is 6.07 Å². The molecule has 2 rings (SSSR count). The van der Waals surface area contributed by atoms with Crippen LogP contribution in [0.1, 0.15) is 35.7 Å². The summed E-state index contributed by atoms with van der Waals surface area (Å²) >= 11 is 3.46. The Morgan fingerprint density at radius 1 is 1.47 bits per heavy atom. The van der Waals surface area contributed by atoms with Crippen molar-refractivity contribution in [2.45, 2.75) is 19.8 Å². The van der Waals surface area contributed by atoms with Gasteiger partial charge in [-0.2, -0.15) is 0 Å². The van der Waals surface area contributed by atoms with Gasteiger partial charge >= 0.3 is 0 Å². The topological polar surface area (TPSA) is 35.5 Å². The van der Waals surface area contributed by atoms with Gasteiger partial charge in [0.2, 0.25) is 6.79 Å². The third kappa shape index (κ3) is 1.63. The molecule has 0 radical (unpaired) electrons. The second-order valence-electron chi connectivity index (χ2n) is 3.70. The van der Waals surface area contributed by atoms with E-state index in [1.165, 1.54) is 0 Å². The Kier molecular flexibility index (Phi) is 2.69. The summed E-state index contributed by atoms with van der Waals surface area (Å²) in [4.78, 5) is 11.0. The highest BCUT2D eigenvalue weighted by Gasteiger charge is 2.23. The molecule has 1 aromatic carbocycles. The molecule has 0 spiro atoms. The molecular formula is C11H11BrO3. The van der Waals surface area contributed by atoms with Crippen LogP contribution >= 0.6 is 15.9 Å². The predicted octanol–water partition coefficient (Wildman–Crippen LogP) is 3.11.